The Morgan fingerprint density at radius 3 is 2.66 bits per heavy atom. The summed E-state index contributed by atoms with van der Waals surface area (Å²) in [5, 5.41) is 8.99. The lowest BCUT2D eigenvalue weighted by molar-refractivity contribution is -0.137. The summed E-state index contributed by atoms with van der Waals surface area (Å²) in [6.07, 6.45) is -2.95. The number of aromatic nitrogens is 1. The van der Waals surface area contributed by atoms with Gasteiger partial charge in [0, 0.05) is 46.0 Å². The molecule has 1 amide bonds. The van der Waals surface area contributed by atoms with Gasteiger partial charge in [-0.05, 0) is 26.3 Å². The van der Waals surface area contributed by atoms with Crippen molar-refractivity contribution in [1.82, 2.24) is 20.9 Å². The third-order valence-electron chi connectivity index (χ3n) is 4.74. The lowest BCUT2D eigenvalue weighted by Gasteiger charge is -2.25. The highest BCUT2D eigenvalue weighted by atomic mass is 35.5. The maximum absolute atomic E-state index is 12.8. The van der Waals surface area contributed by atoms with Gasteiger partial charge < -0.3 is 20.9 Å². The van der Waals surface area contributed by atoms with Gasteiger partial charge in [0.1, 0.15) is 5.82 Å². The lowest BCUT2D eigenvalue weighted by Crippen LogP contribution is -2.50. The summed E-state index contributed by atoms with van der Waals surface area (Å²) in [5.41, 5.74) is -1.49. The number of hydrogen-bond donors (Lipinski definition) is 3. The predicted molar refractivity (Wildman–Crippen MR) is 107 cm³/mol. The van der Waals surface area contributed by atoms with Crippen molar-refractivity contribution in [1.29, 1.82) is 0 Å². The van der Waals surface area contributed by atoms with Gasteiger partial charge in [-0.25, -0.2) is 4.98 Å². The van der Waals surface area contributed by atoms with E-state index in [-0.39, 0.29) is 17.0 Å². The highest BCUT2D eigenvalue weighted by Crippen LogP contribution is 2.34. The molecule has 11 heteroatoms. The minimum Gasteiger partial charge on any atom is -0.359 e. The number of carbonyl (C=O) groups is 1. The summed E-state index contributed by atoms with van der Waals surface area (Å²) >= 11 is 6.04. The molecule has 2 rings (SSSR count). The molecule has 1 atom stereocenters. The fourth-order valence-electron chi connectivity index (χ4n) is 3.00. The van der Waals surface area contributed by atoms with Gasteiger partial charge >= 0.3 is 6.18 Å². The van der Waals surface area contributed by atoms with Crippen LogP contribution in [-0.2, 0) is 11.0 Å². The van der Waals surface area contributed by atoms with E-state index in [2.05, 4.69) is 25.9 Å². The number of carbonyl (C=O) groups excluding carboxylic acids is 1. The number of alkyl halides is 3. The Morgan fingerprint density at radius 2 is 2.10 bits per heavy atom. The number of aliphatic imine (C=N–C) groups is 1. The number of anilines is 1. The van der Waals surface area contributed by atoms with Gasteiger partial charge in [0.15, 0.2) is 5.96 Å². The molecule has 0 aromatic carbocycles. The number of nitrogens with zero attached hydrogens (tertiary/aromatic N) is 3. The molecule has 0 bridgehead atoms. The molecule has 3 N–H and O–H groups in total. The van der Waals surface area contributed by atoms with Gasteiger partial charge in [-0.3, -0.25) is 9.79 Å². The van der Waals surface area contributed by atoms with Gasteiger partial charge in [0.2, 0.25) is 5.91 Å². The van der Waals surface area contributed by atoms with E-state index in [4.69, 9.17) is 11.6 Å². The molecule has 7 nitrogen and oxygen atoms in total. The summed E-state index contributed by atoms with van der Waals surface area (Å²) in [6.45, 7) is 5.13. The SMILES string of the molecule is CN=C(NCC(C)(C)C(=O)NC)NC1CCN(c2ncc(C(F)(F)F)cc2Cl)C1. The van der Waals surface area contributed by atoms with E-state index >= 15 is 0 Å². The highest BCUT2D eigenvalue weighted by molar-refractivity contribution is 6.33. The van der Waals surface area contributed by atoms with E-state index in [1.807, 2.05) is 18.7 Å². The summed E-state index contributed by atoms with van der Waals surface area (Å²) in [4.78, 5) is 21.8. The van der Waals surface area contributed by atoms with Crippen molar-refractivity contribution in [3.8, 4) is 0 Å². The Labute approximate surface area is 173 Å². The van der Waals surface area contributed by atoms with Crippen molar-refractivity contribution in [2.45, 2.75) is 32.5 Å². The second-order valence-corrected chi connectivity index (χ2v) is 7.90. The van der Waals surface area contributed by atoms with Crippen LogP contribution in [0, 0.1) is 5.41 Å². The average molecular weight is 435 g/mol. The van der Waals surface area contributed by atoms with Gasteiger partial charge in [-0.1, -0.05) is 11.6 Å². The summed E-state index contributed by atoms with van der Waals surface area (Å²) < 4.78 is 38.3. The van der Waals surface area contributed by atoms with E-state index < -0.39 is 17.2 Å². The van der Waals surface area contributed by atoms with Crippen LogP contribution >= 0.6 is 11.6 Å². The summed E-state index contributed by atoms with van der Waals surface area (Å²) in [7, 11) is 3.22. The third kappa shape index (κ3) is 5.88. The van der Waals surface area contributed by atoms with Crippen LogP contribution in [0.1, 0.15) is 25.8 Å². The van der Waals surface area contributed by atoms with E-state index in [0.717, 1.165) is 18.7 Å². The minimum atomic E-state index is -4.48. The number of rotatable bonds is 5. The van der Waals surface area contributed by atoms with E-state index in [0.29, 0.717) is 31.4 Å². The number of hydrogen-bond acceptors (Lipinski definition) is 4. The van der Waals surface area contributed by atoms with Crippen LogP contribution in [0.5, 0.6) is 0 Å². The van der Waals surface area contributed by atoms with Gasteiger partial charge in [0.05, 0.1) is 16.0 Å². The Balaban J connectivity index is 1.96. The van der Waals surface area contributed by atoms with Crippen LogP contribution in [0.15, 0.2) is 17.3 Å². The molecule has 1 aliphatic heterocycles. The molecule has 1 aromatic heterocycles. The molecule has 29 heavy (non-hydrogen) atoms. The normalized spacial score (nSPS) is 18.0. The zero-order valence-corrected chi connectivity index (χ0v) is 17.6. The Morgan fingerprint density at radius 1 is 1.41 bits per heavy atom. The van der Waals surface area contributed by atoms with E-state index in [1.165, 1.54) is 0 Å². The Bertz CT molecular complexity index is 768. The van der Waals surface area contributed by atoms with Crippen LogP contribution in [0.4, 0.5) is 19.0 Å². The topological polar surface area (TPSA) is 81.6 Å². The largest absolute Gasteiger partial charge is 0.417 e. The number of pyridine rings is 1. The molecule has 2 heterocycles. The average Bonchev–Trinajstić information content (AvgIpc) is 3.11. The summed E-state index contributed by atoms with van der Waals surface area (Å²) in [5.74, 6) is 0.781. The maximum atomic E-state index is 12.8. The van der Waals surface area contributed by atoms with Crippen molar-refractivity contribution in [3.63, 3.8) is 0 Å². The number of guanidine groups is 1. The van der Waals surface area contributed by atoms with Gasteiger partial charge in [0.25, 0.3) is 0 Å². The van der Waals surface area contributed by atoms with Crippen molar-refractivity contribution >= 4 is 29.3 Å². The molecule has 1 unspecified atom stereocenters. The smallest absolute Gasteiger partial charge is 0.359 e. The molecule has 1 aliphatic rings. The van der Waals surface area contributed by atoms with E-state index in [9.17, 15) is 18.0 Å². The minimum absolute atomic E-state index is 0.00414. The van der Waals surface area contributed by atoms with Crippen LogP contribution in [0.3, 0.4) is 0 Å². The van der Waals surface area contributed by atoms with Crippen molar-refractivity contribution in [2.75, 3.05) is 38.6 Å². The third-order valence-corrected chi connectivity index (χ3v) is 5.02. The number of halogens is 4. The fraction of sp³-hybridized carbons (Fsp3) is 0.611. The predicted octanol–water partition coefficient (Wildman–Crippen LogP) is 2.27. The van der Waals surface area contributed by atoms with Crippen LogP contribution < -0.4 is 20.9 Å². The molecule has 1 fully saturated rings. The molecule has 0 spiro atoms. The molecule has 162 valence electrons. The standard InChI is InChI=1S/C18H26ClF3N6O/c1-17(2,15(29)23-3)10-26-16(24-4)27-12-5-6-28(9-12)14-13(19)7-11(8-25-14)18(20,21)22/h7-8,12H,5-6,9-10H2,1-4H3,(H,23,29)(H2,24,26,27). The first kappa shape index (κ1) is 23.1. The van der Waals surface area contributed by atoms with Crippen LogP contribution in [0.25, 0.3) is 0 Å². The molecule has 0 saturated carbocycles. The molecular weight excluding hydrogens is 409 g/mol. The van der Waals surface area contributed by atoms with E-state index in [1.54, 1.807) is 14.1 Å². The highest BCUT2D eigenvalue weighted by Gasteiger charge is 2.33. The molecule has 0 radical (unpaired) electrons. The second kappa shape index (κ2) is 9.06. The fourth-order valence-corrected chi connectivity index (χ4v) is 3.29. The Kier molecular flexibility index (Phi) is 7.20. The molecule has 1 saturated heterocycles. The van der Waals surface area contributed by atoms with Crippen molar-refractivity contribution in [2.24, 2.45) is 10.4 Å². The number of amides is 1. The van der Waals surface area contributed by atoms with Crippen molar-refractivity contribution in [3.05, 3.63) is 22.8 Å². The van der Waals surface area contributed by atoms with Crippen molar-refractivity contribution < 1.29 is 18.0 Å². The first-order valence-electron chi connectivity index (χ1n) is 9.15. The zero-order chi connectivity index (χ0) is 21.8. The maximum Gasteiger partial charge on any atom is 0.417 e. The first-order valence-corrected chi connectivity index (χ1v) is 9.53. The van der Waals surface area contributed by atoms with Gasteiger partial charge in [-0.15, -0.1) is 0 Å². The molecule has 0 aliphatic carbocycles. The summed E-state index contributed by atoms with van der Waals surface area (Å²) in [6, 6.07) is 0.899. The van der Waals surface area contributed by atoms with Gasteiger partial charge in [-0.2, -0.15) is 13.2 Å². The van der Waals surface area contributed by atoms with Crippen LogP contribution in [-0.4, -0.2) is 56.6 Å². The zero-order valence-electron chi connectivity index (χ0n) is 16.8. The number of nitrogens with one attached hydrogen (secondary N) is 3. The molecule has 1 aromatic rings. The lowest BCUT2D eigenvalue weighted by atomic mass is 9.92. The first-order chi connectivity index (χ1) is 13.5. The van der Waals surface area contributed by atoms with Crippen LogP contribution in [0.2, 0.25) is 5.02 Å². The second-order valence-electron chi connectivity index (χ2n) is 7.49. The Hall–Kier alpha value is -2.23. The quantitative estimate of drug-likeness (QED) is 0.489. The molecular formula is C18H26ClF3N6O. The monoisotopic (exact) mass is 434 g/mol.